The third kappa shape index (κ3) is 1.97. The van der Waals surface area contributed by atoms with E-state index in [1.807, 2.05) is 0 Å². The van der Waals surface area contributed by atoms with Crippen molar-refractivity contribution in [2.24, 2.45) is 0 Å². The SMILES string of the molecule is CC(C)Nc1ccc2c(c1)CCC2C#N. The summed E-state index contributed by atoms with van der Waals surface area (Å²) in [6.45, 7) is 4.26. The molecule has 2 heteroatoms. The van der Waals surface area contributed by atoms with Crippen molar-refractivity contribution in [1.29, 1.82) is 5.26 Å². The van der Waals surface area contributed by atoms with Gasteiger partial charge in [0.25, 0.3) is 0 Å². The second-order valence-electron chi connectivity index (χ2n) is 4.43. The first kappa shape index (κ1) is 10.0. The average Bonchev–Trinajstić information content (AvgIpc) is 2.58. The van der Waals surface area contributed by atoms with Crippen LogP contribution in [-0.2, 0) is 6.42 Å². The molecule has 1 aliphatic carbocycles. The Morgan fingerprint density at radius 2 is 2.27 bits per heavy atom. The van der Waals surface area contributed by atoms with E-state index < -0.39 is 0 Å². The Morgan fingerprint density at radius 1 is 1.47 bits per heavy atom. The summed E-state index contributed by atoms with van der Waals surface area (Å²) >= 11 is 0. The van der Waals surface area contributed by atoms with Crippen molar-refractivity contribution in [3.8, 4) is 6.07 Å². The van der Waals surface area contributed by atoms with Gasteiger partial charge in [0.15, 0.2) is 0 Å². The van der Waals surface area contributed by atoms with Gasteiger partial charge >= 0.3 is 0 Å². The van der Waals surface area contributed by atoms with Crippen LogP contribution in [0, 0.1) is 11.3 Å². The predicted molar refractivity (Wildman–Crippen MR) is 61.9 cm³/mol. The topological polar surface area (TPSA) is 35.8 Å². The lowest BCUT2D eigenvalue weighted by Crippen LogP contribution is -2.09. The van der Waals surface area contributed by atoms with E-state index in [9.17, 15) is 0 Å². The molecule has 0 aromatic heterocycles. The maximum Gasteiger partial charge on any atom is 0.0718 e. The second-order valence-corrected chi connectivity index (χ2v) is 4.43. The molecule has 1 aliphatic rings. The Hall–Kier alpha value is -1.49. The van der Waals surface area contributed by atoms with Gasteiger partial charge in [-0.2, -0.15) is 5.26 Å². The molecule has 2 nitrogen and oxygen atoms in total. The summed E-state index contributed by atoms with van der Waals surface area (Å²) in [5, 5.41) is 12.3. The highest BCUT2D eigenvalue weighted by Gasteiger charge is 2.21. The zero-order chi connectivity index (χ0) is 10.8. The minimum atomic E-state index is 0.119. The van der Waals surface area contributed by atoms with Crippen LogP contribution in [0.5, 0.6) is 0 Å². The van der Waals surface area contributed by atoms with Crippen LogP contribution < -0.4 is 5.32 Å². The van der Waals surface area contributed by atoms with Crippen molar-refractivity contribution in [1.82, 2.24) is 0 Å². The van der Waals surface area contributed by atoms with Crippen LogP contribution in [0.4, 0.5) is 5.69 Å². The van der Waals surface area contributed by atoms with E-state index >= 15 is 0 Å². The number of rotatable bonds is 2. The Morgan fingerprint density at radius 3 is 2.93 bits per heavy atom. The molecule has 0 spiro atoms. The van der Waals surface area contributed by atoms with Gasteiger partial charge < -0.3 is 5.32 Å². The lowest BCUT2D eigenvalue weighted by atomic mass is 10.0. The molecule has 0 saturated heterocycles. The lowest BCUT2D eigenvalue weighted by Gasteiger charge is -2.11. The number of anilines is 1. The van der Waals surface area contributed by atoms with Gasteiger partial charge in [-0.05, 0) is 49.9 Å². The number of hydrogen-bond donors (Lipinski definition) is 1. The van der Waals surface area contributed by atoms with Crippen molar-refractivity contribution in [3.05, 3.63) is 29.3 Å². The van der Waals surface area contributed by atoms with E-state index in [-0.39, 0.29) is 5.92 Å². The molecular formula is C13H16N2. The third-order valence-corrected chi connectivity index (χ3v) is 2.83. The fourth-order valence-corrected chi connectivity index (χ4v) is 2.17. The third-order valence-electron chi connectivity index (χ3n) is 2.83. The maximum atomic E-state index is 8.96. The van der Waals surface area contributed by atoms with E-state index in [0.717, 1.165) is 12.8 Å². The highest BCUT2D eigenvalue weighted by atomic mass is 14.9. The quantitative estimate of drug-likeness (QED) is 0.796. The molecule has 0 amide bonds. The summed E-state index contributed by atoms with van der Waals surface area (Å²) in [6.07, 6.45) is 2.03. The first-order valence-electron chi connectivity index (χ1n) is 5.49. The molecule has 1 aromatic rings. The normalized spacial score (nSPS) is 18.7. The van der Waals surface area contributed by atoms with Gasteiger partial charge in [-0.15, -0.1) is 0 Å². The van der Waals surface area contributed by atoms with Crippen molar-refractivity contribution in [3.63, 3.8) is 0 Å². The Kier molecular flexibility index (Phi) is 2.64. The van der Waals surface area contributed by atoms with Gasteiger partial charge in [0.05, 0.1) is 12.0 Å². The Bertz CT molecular complexity index is 401. The molecule has 1 atom stereocenters. The standard InChI is InChI=1S/C13H16N2/c1-9(2)15-12-5-6-13-10(7-12)3-4-11(13)8-14/h5-7,9,11,15H,3-4H2,1-2H3. The predicted octanol–water partition coefficient (Wildman–Crippen LogP) is 3.06. The van der Waals surface area contributed by atoms with E-state index in [1.165, 1.54) is 16.8 Å². The Labute approximate surface area is 90.9 Å². The maximum absolute atomic E-state index is 8.96. The zero-order valence-corrected chi connectivity index (χ0v) is 9.25. The fraction of sp³-hybridized carbons (Fsp3) is 0.462. The molecule has 1 N–H and O–H groups in total. The van der Waals surface area contributed by atoms with Gasteiger partial charge in [-0.25, -0.2) is 0 Å². The smallest absolute Gasteiger partial charge is 0.0718 e. The van der Waals surface area contributed by atoms with Crippen molar-refractivity contribution in [2.75, 3.05) is 5.32 Å². The molecule has 1 aromatic carbocycles. The summed E-state index contributed by atoms with van der Waals surface area (Å²) in [5.74, 6) is 0.119. The van der Waals surface area contributed by atoms with Crippen LogP contribution in [0.15, 0.2) is 18.2 Å². The lowest BCUT2D eigenvalue weighted by molar-refractivity contribution is 0.826. The van der Waals surface area contributed by atoms with Crippen LogP contribution in [-0.4, -0.2) is 6.04 Å². The van der Waals surface area contributed by atoms with Crippen LogP contribution in [0.2, 0.25) is 0 Å². The fourth-order valence-electron chi connectivity index (χ4n) is 2.17. The van der Waals surface area contributed by atoms with Crippen LogP contribution in [0.3, 0.4) is 0 Å². The first-order chi connectivity index (χ1) is 7.20. The number of benzene rings is 1. The second kappa shape index (κ2) is 3.94. The number of nitriles is 1. The molecule has 0 bridgehead atoms. The number of fused-ring (bicyclic) bond motifs is 1. The van der Waals surface area contributed by atoms with Gasteiger partial charge in [0, 0.05) is 11.7 Å². The monoisotopic (exact) mass is 200 g/mol. The summed E-state index contributed by atoms with van der Waals surface area (Å²) in [4.78, 5) is 0. The van der Waals surface area contributed by atoms with Gasteiger partial charge in [0.1, 0.15) is 0 Å². The molecule has 78 valence electrons. The molecule has 0 radical (unpaired) electrons. The van der Waals surface area contributed by atoms with Gasteiger partial charge in [0.2, 0.25) is 0 Å². The minimum Gasteiger partial charge on any atom is -0.383 e. The number of nitrogens with one attached hydrogen (secondary N) is 1. The van der Waals surface area contributed by atoms with Gasteiger partial charge in [-0.1, -0.05) is 6.07 Å². The van der Waals surface area contributed by atoms with E-state index in [1.54, 1.807) is 0 Å². The van der Waals surface area contributed by atoms with Crippen LogP contribution in [0.1, 0.15) is 37.3 Å². The minimum absolute atomic E-state index is 0.119. The van der Waals surface area contributed by atoms with Crippen LogP contribution >= 0.6 is 0 Å². The summed E-state index contributed by atoms with van der Waals surface area (Å²) in [6, 6.07) is 9.18. The number of hydrogen-bond acceptors (Lipinski definition) is 2. The van der Waals surface area contributed by atoms with Crippen molar-refractivity contribution < 1.29 is 0 Å². The number of aryl methyl sites for hydroxylation is 1. The highest BCUT2D eigenvalue weighted by molar-refractivity contribution is 5.52. The summed E-state index contributed by atoms with van der Waals surface area (Å²) in [7, 11) is 0. The summed E-state index contributed by atoms with van der Waals surface area (Å²) < 4.78 is 0. The van der Waals surface area contributed by atoms with Gasteiger partial charge in [-0.3, -0.25) is 0 Å². The summed E-state index contributed by atoms with van der Waals surface area (Å²) in [5.41, 5.74) is 3.74. The average molecular weight is 200 g/mol. The van der Waals surface area contributed by atoms with E-state index in [2.05, 4.69) is 43.4 Å². The molecule has 15 heavy (non-hydrogen) atoms. The zero-order valence-electron chi connectivity index (χ0n) is 9.25. The molecule has 1 unspecified atom stereocenters. The molecule has 0 aliphatic heterocycles. The molecule has 0 saturated carbocycles. The molecule has 0 fully saturated rings. The molecular weight excluding hydrogens is 184 g/mol. The highest BCUT2D eigenvalue weighted by Crippen LogP contribution is 2.34. The largest absolute Gasteiger partial charge is 0.383 e. The number of nitrogens with zero attached hydrogens (tertiary/aromatic N) is 1. The first-order valence-corrected chi connectivity index (χ1v) is 5.49. The van der Waals surface area contributed by atoms with E-state index in [0.29, 0.717) is 6.04 Å². The van der Waals surface area contributed by atoms with Crippen molar-refractivity contribution in [2.45, 2.75) is 38.6 Å². The molecule has 2 rings (SSSR count). The Balaban J connectivity index is 2.26. The van der Waals surface area contributed by atoms with Crippen LogP contribution in [0.25, 0.3) is 0 Å². The van der Waals surface area contributed by atoms with E-state index in [4.69, 9.17) is 5.26 Å². The van der Waals surface area contributed by atoms with Crippen molar-refractivity contribution >= 4 is 5.69 Å². The molecule has 0 heterocycles.